The van der Waals surface area contributed by atoms with Gasteiger partial charge in [0.05, 0.1) is 0 Å². The smallest absolute Gasteiger partial charge is 0.0294 e. The molecular formula is C14H18ClN. The Balaban J connectivity index is 0.00000128. The molecule has 2 heteroatoms. The fraction of sp³-hybridized carbons (Fsp3) is 0.286. The first-order valence-electron chi connectivity index (χ1n) is 5.55. The lowest BCUT2D eigenvalue weighted by molar-refractivity contribution is 0.639. The topological polar surface area (TPSA) is 26.0 Å². The molecule has 0 spiro atoms. The van der Waals surface area contributed by atoms with E-state index in [2.05, 4.69) is 49.4 Å². The number of hydrogen-bond donors (Lipinski definition) is 1. The van der Waals surface area contributed by atoms with E-state index < -0.39 is 0 Å². The van der Waals surface area contributed by atoms with E-state index in [0.717, 1.165) is 12.8 Å². The molecule has 0 aromatic heterocycles. The Labute approximate surface area is 103 Å². The van der Waals surface area contributed by atoms with Crippen molar-refractivity contribution in [2.45, 2.75) is 25.8 Å². The molecule has 86 valence electrons. The van der Waals surface area contributed by atoms with E-state index in [1.807, 2.05) is 0 Å². The average Bonchev–Trinajstić information content (AvgIpc) is 2.29. The van der Waals surface area contributed by atoms with E-state index in [4.69, 9.17) is 5.73 Å². The Morgan fingerprint density at radius 1 is 1.06 bits per heavy atom. The second kappa shape index (κ2) is 5.88. The summed E-state index contributed by atoms with van der Waals surface area (Å²) in [6.07, 6.45) is 2.19. The van der Waals surface area contributed by atoms with Crippen molar-refractivity contribution in [3.8, 4) is 0 Å². The highest BCUT2D eigenvalue weighted by Crippen LogP contribution is 2.21. The van der Waals surface area contributed by atoms with Crippen LogP contribution in [0, 0.1) is 0 Å². The highest BCUT2D eigenvalue weighted by molar-refractivity contribution is 5.85. The summed E-state index contributed by atoms with van der Waals surface area (Å²) in [4.78, 5) is 0. The molecule has 2 aromatic rings. The van der Waals surface area contributed by atoms with Crippen LogP contribution in [-0.4, -0.2) is 0 Å². The van der Waals surface area contributed by atoms with Crippen molar-refractivity contribution in [1.82, 2.24) is 0 Å². The first kappa shape index (κ1) is 13.0. The summed E-state index contributed by atoms with van der Waals surface area (Å²) < 4.78 is 0. The molecule has 2 aromatic carbocycles. The minimum atomic E-state index is 0. The Morgan fingerprint density at radius 2 is 1.75 bits per heavy atom. The van der Waals surface area contributed by atoms with Gasteiger partial charge >= 0.3 is 0 Å². The molecule has 0 radical (unpaired) electrons. The number of nitrogens with two attached hydrogens (primary N) is 1. The molecule has 0 aliphatic carbocycles. The Morgan fingerprint density at radius 3 is 2.44 bits per heavy atom. The molecule has 1 nitrogen and oxygen atoms in total. The molecule has 0 saturated heterocycles. The monoisotopic (exact) mass is 235 g/mol. The maximum Gasteiger partial charge on any atom is 0.0294 e. The van der Waals surface area contributed by atoms with E-state index in [1.165, 1.54) is 16.3 Å². The van der Waals surface area contributed by atoms with Crippen LogP contribution in [0.2, 0.25) is 0 Å². The van der Waals surface area contributed by atoms with Crippen molar-refractivity contribution >= 4 is 23.2 Å². The third-order valence-corrected chi connectivity index (χ3v) is 2.80. The zero-order valence-electron chi connectivity index (χ0n) is 9.52. The molecule has 0 unspecified atom stereocenters. The second-order valence-electron chi connectivity index (χ2n) is 4.00. The predicted molar refractivity (Wildman–Crippen MR) is 73.0 cm³/mol. The second-order valence-corrected chi connectivity index (χ2v) is 4.00. The molecule has 0 saturated carbocycles. The number of hydrogen-bond acceptors (Lipinski definition) is 1. The van der Waals surface area contributed by atoms with Crippen LogP contribution in [0.1, 0.15) is 31.4 Å². The lowest BCUT2D eigenvalue weighted by Crippen LogP contribution is -2.09. The van der Waals surface area contributed by atoms with Crippen LogP contribution in [0.25, 0.3) is 10.8 Å². The highest BCUT2D eigenvalue weighted by atomic mass is 35.5. The molecule has 0 heterocycles. The zero-order valence-corrected chi connectivity index (χ0v) is 10.3. The number of benzene rings is 2. The largest absolute Gasteiger partial charge is 0.324 e. The van der Waals surface area contributed by atoms with Gasteiger partial charge in [0, 0.05) is 6.04 Å². The Hall–Kier alpha value is -1.05. The fourth-order valence-corrected chi connectivity index (χ4v) is 1.92. The highest BCUT2D eigenvalue weighted by Gasteiger charge is 2.04. The van der Waals surface area contributed by atoms with Gasteiger partial charge in [0.25, 0.3) is 0 Å². The Kier molecular flexibility index (Phi) is 4.78. The molecule has 0 amide bonds. The van der Waals surface area contributed by atoms with E-state index in [9.17, 15) is 0 Å². The maximum absolute atomic E-state index is 6.10. The van der Waals surface area contributed by atoms with Crippen LogP contribution in [0.4, 0.5) is 0 Å². The molecule has 0 aliphatic rings. The van der Waals surface area contributed by atoms with Crippen LogP contribution in [-0.2, 0) is 0 Å². The minimum Gasteiger partial charge on any atom is -0.324 e. The van der Waals surface area contributed by atoms with Gasteiger partial charge in [-0.15, -0.1) is 12.4 Å². The maximum atomic E-state index is 6.10. The summed E-state index contributed by atoms with van der Waals surface area (Å²) in [5.74, 6) is 0. The zero-order chi connectivity index (χ0) is 10.7. The van der Waals surface area contributed by atoms with Crippen molar-refractivity contribution < 1.29 is 0 Å². The van der Waals surface area contributed by atoms with Crippen LogP contribution in [0.15, 0.2) is 42.5 Å². The van der Waals surface area contributed by atoms with Gasteiger partial charge in [-0.2, -0.15) is 0 Å². The molecule has 0 aliphatic heterocycles. The van der Waals surface area contributed by atoms with Crippen molar-refractivity contribution in [3.63, 3.8) is 0 Å². The van der Waals surface area contributed by atoms with Crippen molar-refractivity contribution in [2.75, 3.05) is 0 Å². The third-order valence-electron chi connectivity index (χ3n) is 2.80. The molecule has 0 bridgehead atoms. The van der Waals surface area contributed by atoms with Crippen molar-refractivity contribution in [3.05, 3.63) is 48.0 Å². The first-order valence-corrected chi connectivity index (χ1v) is 5.55. The number of fused-ring (bicyclic) bond motifs is 1. The molecule has 16 heavy (non-hydrogen) atoms. The van der Waals surface area contributed by atoms with Crippen LogP contribution >= 0.6 is 12.4 Å². The summed E-state index contributed by atoms with van der Waals surface area (Å²) in [5.41, 5.74) is 7.34. The van der Waals surface area contributed by atoms with Gasteiger partial charge in [-0.05, 0) is 28.8 Å². The molecule has 2 N–H and O–H groups in total. The summed E-state index contributed by atoms with van der Waals surface area (Å²) in [7, 11) is 0. The van der Waals surface area contributed by atoms with Crippen molar-refractivity contribution in [1.29, 1.82) is 0 Å². The van der Waals surface area contributed by atoms with Gasteiger partial charge in [0.1, 0.15) is 0 Å². The first-order chi connectivity index (χ1) is 7.31. The third kappa shape index (κ3) is 2.75. The molecule has 2 rings (SSSR count). The summed E-state index contributed by atoms with van der Waals surface area (Å²) in [6, 6.07) is 15.1. The number of rotatable bonds is 3. The lowest BCUT2D eigenvalue weighted by Gasteiger charge is -2.11. The van der Waals surface area contributed by atoms with Gasteiger partial charge in [0.15, 0.2) is 0 Å². The lowest BCUT2D eigenvalue weighted by atomic mass is 10.00. The van der Waals surface area contributed by atoms with Gasteiger partial charge in [-0.1, -0.05) is 49.7 Å². The van der Waals surface area contributed by atoms with Gasteiger partial charge < -0.3 is 5.73 Å². The van der Waals surface area contributed by atoms with E-state index in [1.54, 1.807) is 0 Å². The van der Waals surface area contributed by atoms with Crippen LogP contribution < -0.4 is 5.73 Å². The Bertz CT molecular complexity index is 453. The minimum absolute atomic E-state index is 0. The fourth-order valence-electron chi connectivity index (χ4n) is 1.92. The summed E-state index contributed by atoms with van der Waals surface area (Å²) in [5, 5.41) is 2.56. The van der Waals surface area contributed by atoms with E-state index in [-0.39, 0.29) is 18.4 Å². The number of halogens is 1. The summed E-state index contributed by atoms with van der Waals surface area (Å²) in [6.45, 7) is 2.17. The standard InChI is InChI=1S/C14H17N.ClH/c1-2-5-14(15)13-9-8-11-6-3-4-7-12(11)10-13;/h3-4,6-10,14H,2,5,15H2,1H3;1H/t14-;/m0./s1. The summed E-state index contributed by atoms with van der Waals surface area (Å²) >= 11 is 0. The molecule has 0 fully saturated rings. The average molecular weight is 236 g/mol. The predicted octanol–water partition coefficient (Wildman–Crippen LogP) is 4.06. The van der Waals surface area contributed by atoms with Gasteiger partial charge in [-0.3, -0.25) is 0 Å². The molecule has 1 atom stereocenters. The van der Waals surface area contributed by atoms with Crippen LogP contribution in [0.5, 0.6) is 0 Å². The van der Waals surface area contributed by atoms with Gasteiger partial charge in [0.2, 0.25) is 0 Å². The van der Waals surface area contributed by atoms with Gasteiger partial charge in [-0.25, -0.2) is 0 Å². The quantitative estimate of drug-likeness (QED) is 0.853. The van der Waals surface area contributed by atoms with Crippen molar-refractivity contribution in [2.24, 2.45) is 5.73 Å². The van der Waals surface area contributed by atoms with E-state index >= 15 is 0 Å². The van der Waals surface area contributed by atoms with E-state index in [0.29, 0.717) is 0 Å². The normalized spacial score (nSPS) is 12.1. The SMILES string of the molecule is CCC[C@H](N)c1ccc2ccccc2c1.Cl. The molecular weight excluding hydrogens is 218 g/mol. The van der Waals surface area contributed by atoms with Crippen LogP contribution in [0.3, 0.4) is 0 Å².